The Morgan fingerprint density at radius 1 is 0.565 bits per heavy atom. The Hall–Kier alpha value is 0.944. The molecule has 0 saturated carbocycles. The van der Waals surface area contributed by atoms with Crippen molar-refractivity contribution in [3.05, 3.63) is 0 Å². The molecule has 0 aromatic carbocycles. The van der Waals surface area contributed by atoms with Crippen LogP contribution in [0.15, 0.2) is 0 Å². The van der Waals surface area contributed by atoms with Crippen LogP contribution in [0.5, 0.6) is 0 Å². The summed E-state index contributed by atoms with van der Waals surface area (Å²) in [6.07, 6.45) is 0. The van der Waals surface area contributed by atoms with Crippen molar-refractivity contribution in [3.8, 4) is 0 Å². The predicted molar refractivity (Wildman–Crippen MR) is 107 cm³/mol. The third-order valence-electron chi connectivity index (χ3n) is 1.61. The van der Waals surface area contributed by atoms with E-state index in [0.717, 1.165) is 0 Å². The van der Waals surface area contributed by atoms with E-state index in [0.29, 0.717) is 0 Å². The molecule has 149 valence electrons. The van der Waals surface area contributed by atoms with Gasteiger partial charge in [0.05, 0.1) is 0 Å². The Balaban J connectivity index is -0.0000000232. The van der Waals surface area contributed by atoms with Crippen molar-refractivity contribution in [2.75, 3.05) is 0 Å². The largest absolute Gasteiger partial charge is 0.341 e. The van der Waals surface area contributed by atoms with E-state index in [1.165, 1.54) is 0 Å². The zero-order valence-electron chi connectivity index (χ0n) is 18.1. The standard InChI is InChI=1S/C5H12N2O2.6C2H6.CH4.Y/c1-3-4(2)7-5(8,9)6-3;6*1-2;;/h3-4,6-9H,1-2H3;6*1-2H3;1H4;. The van der Waals surface area contributed by atoms with E-state index in [2.05, 4.69) is 10.6 Å². The second-order valence-electron chi connectivity index (χ2n) is 2.54. The minimum atomic E-state index is -1.86. The van der Waals surface area contributed by atoms with Gasteiger partial charge in [-0.1, -0.05) is 90.5 Å². The van der Waals surface area contributed by atoms with Gasteiger partial charge in [0.25, 0.3) is 6.03 Å². The van der Waals surface area contributed by atoms with Gasteiger partial charge in [0.2, 0.25) is 0 Å². The predicted octanol–water partition coefficient (Wildman–Crippen LogP) is 5.34. The molecule has 1 radical (unpaired) electrons. The van der Waals surface area contributed by atoms with Gasteiger partial charge in [-0.05, 0) is 13.8 Å². The molecule has 0 amide bonds. The zero-order chi connectivity index (χ0) is 19.1. The molecule has 4 N–H and O–H groups in total. The minimum Gasteiger partial charge on any atom is -0.341 e. The molecule has 1 aliphatic rings. The van der Waals surface area contributed by atoms with Crippen molar-refractivity contribution in [3.63, 3.8) is 0 Å². The monoisotopic (exact) mass is 417 g/mol. The average Bonchev–Trinajstić information content (AvgIpc) is 2.82. The third-order valence-corrected chi connectivity index (χ3v) is 1.61. The molecule has 23 heavy (non-hydrogen) atoms. The van der Waals surface area contributed by atoms with Gasteiger partial charge in [-0.25, -0.2) is 10.6 Å². The molecule has 0 bridgehead atoms. The molecule has 5 heteroatoms. The minimum absolute atomic E-state index is 0. The molecule has 2 atom stereocenters. The first-order chi connectivity index (χ1) is 10.0. The van der Waals surface area contributed by atoms with E-state index in [9.17, 15) is 0 Å². The summed E-state index contributed by atoms with van der Waals surface area (Å²) in [6, 6.07) is -1.67. The average molecular weight is 418 g/mol. The Labute approximate surface area is 175 Å². The van der Waals surface area contributed by atoms with E-state index < -0.39 is 6.03 Å². The summed E-state index contributed by atoms with van der Waals surface area (Å²) < 4.78 is 0. The summed E-state index contributed by atoms with van der Waals surface area (Å²) in [5, 5.41) is 22.8. The van der Waals surface area contributed by atoms with E-state index in [1.54, 1.807) is 0 Å². The Bertz CT molecular complexity index is 116. The van der Waals surface area contributed by atoms with Crippen LogP contribution in [0, 0.1) is 0 Å². The maximum Gasteiger partial charge on any atom is 0.287 e. The fourth-order valence-corrected chi connectivity index (χ4v) is 0.927. The topological polar surface area (TPSA) is 64.5 Å². The molecular formula is C18H52N2O2Y. The van der Waals surface area contributed by atoms with Gasteiger partial charge >= 0.3 is 0 Å². The van der Waals surface area contributed by atoms with Gasteiger partial charge in [0, 0.05) is 44.8 Å². The Kier molecular flexibility index (Phi) is 107. The van der Waals surface area contributed by atoms with Gasteiger partial charge in [-0.3, -0.25) is 0 Å². The van der Waals surface area contributed by atoms with Crippen LogP contribution in [0.3, 0.4) is 0 Å². The van der Waals surface area contributed by atoms with E-state index in [-0.39, 0.29) is 52.2 Å². The summed E-state index contributed by atoms with van der Waals surface area (Å²) in [7, 11) is 0. The van der Waals surface area contributed by atoms with E-state index in [4.69, 9.17) is 10.2 Å². The number of nitrogens with one attached hydrogen (secondary N) is 2. The van der Waals surface area contributed by atoms with Crippen LogP contribution in [0.25, 0.3) is 0 Å². The van der Waals surface area contributed by atoms with Gasteiger partial charge in [-0.2, -0.15) is 0 Å². The molecule has 1 rings (SSSR count). The van der Waals surface area contributed by atoms with Crippen molar-refractivity contribution < 1.29 is 42.9 Å². The second-order valence-corrected chi connectivity index (χ2v) is 2.54. The van der Waals surface area contributed by atoms with Crippen molar-refractivity contribution in [2.45, 2.75) is 122 Å². The summed E-state index contributed by atoms with van der Waals surface area (Å²) in [5.74, 6) is 0. The van der Waals surface area contributed by atoms with Gasteiger partial charge in [-0.15, -0.1) is 0 Å². The third kappa shape index (κ3) is 45.1. The molecule has 1 saturated heterocycles. The molecule has 1 heterocycles. The van der Waals surface area contributed by atoms with Gasteiger partial charge < -0.3 is 10.2 Å². The second kappa shape index (κ2) is 49.5. The Morgan fingerprint density at radius 2 is 0.696 bits per heavy atom. The van der Waals surface area contributed by atoms with Crippen molar-refractivity contribution in [2.24, 2.45) is 0 Å². The molecule has 4 nitrogen and oxygen atoms in total. The molecule has 0 aromatic rings. The van der Waals surface area contributed by atoms with E-state index >= 15 is 0 Å². The molecule has 0 aliphatic carbocycles. The molecule has 0 spiro atoms. The maximum atomic E-state index is 8.87. The number of rotatable bonds is 0. The summed E-state index contributed by atoms with van der Waals surface area (Å²) in [4.78, 5) is 0. The van der Waals surface area contributed by atoms with Crippen LogP contribution in [0.2, 0.25) is 0 Å². The Morgan fingerprint density at radius 3 is 0.739 bits per heavy atom. The van der Waals surface area contributed by atoms with Crippen molar-refractivity contribution in [1.29, 1.82) is 0 Å². The first kappa shape index (κ1) is 49.6. The molecule has 1 aliphatic heterocycles. The summed E-state index contributed by atoms with van der Waals surface area (Å²) >= 11 is 0. The number of hydrogen-bond donors (Lipinski definition) is 4. The van der Waals surface area contributed by atoms with Crippen LogP contribution in [0.4, 0.5) is 0 Å². The fraction of sp³-hybridized carbons (Fsp3) is 1.00. The maximum absolute atomic E-state index is 8.87. The first-order valence-corrected chi connectivity index (χ1v) is 9.01. The van der Waals surface area contributed by atoms with Gasteiger partial charge in [0.15, 0.2) is 0 Å². The zero-order valence-corrected chi connectivity index (χ0v) is 21.0. The van der Waals surface area contributed by atoms with Crippen LogP contribution < -0.4 is 10.6 Å². The molecular weight excluding hydrogens is 365 g/mol. The van der Waals surface area contributed by atoms with Crippen molar-refractivity contribution >= 4 is 0 Å². The fourth-order valence-electron chi connectivity index (χ4n) is 0.927. The molecule has 2 unspecified atom stereocenters. The summed E-state index contributed by atoms with van der Waals surface area (Å²) in [6.45, 7) is 27.8. The number of aliphatic hydroxyl groups is 2. The van der Waals surface area contributed by atoms with E-state index in [1.807, 2.05) is 96.9 Å². The first-order valence-electron chi connectivity index (χ1n) is 9.01. The molecule has 1 fully saturated rings. The SMILES string of the molecule is C.CC.CC.CC.CC.CC.CC.CC1NC(O)(O)NC1C.[Y]. The van der Waals surface area contributed by atoms with Crippen molar-refractivity contribution in [1.82, 2.24) is 10.6 Å². The van der Waals surface area contributed by atoms with Gasteiger partial charge in [0.1, 0.15) is 0 Å². The van der Waals surface area contributed by atoms with Crippen LogP contribution in [0.1, 0.15) is 104 Å². The molecule has 0 aromatic heterocycles. The smallest absolute Gasteiger partial charge is 0.287 e. The number of hydrogen-bond acceptors (Lipinski definition) is 4. The summed E-state index contributed by atoms with van der Waals surface area (Å²) in [5.41, 5.74) is 0. The quantitative estimate of drug-likeness (QED) is 0.402. The van der Waals surface area contributed by atoms with Crippen LogP contribution >= 0.6 is 0 Å². The van der Waals surface area contributed by atoms with Crippen LogP contribution in [-0.4, -0.2) is 28.3 Å². The van der Waals surface area contributed by atoms with Crippen LogP contribution in [-0.2, 0) is 32.7 Å². The normalized spacial score (nSPS) is 17.7.